The first-order chi connectivity index (χ1) is 8.06. The fourth-order valence-corrected chi connectivity index (χ4v) is 1.22. The second-order valence-electron chi connectivity index (χ2n) is 3.48. The van der Waals surface area contributed by atoms with Crippen LogP contribution >= 0.6 is 0 Å². The van der Waals surface area contributed by atoms with Gasteiger partial charge in [0, 0.05) is 0 Å². The third-order valence-electron chi connectivity index (χ3n) is 2.01. The molecule has 17 heavy (non-hydrogen) atoms. The highest BCUT2D eigenvalue weighted by molar-refractivity contribution is 6.03. The zero-order valence-electron chi connectivity index (χ0n) is 9.67. The molecule has 0 spiro atoms. The highest BCUT2D eigenvalue weighted by Gasteiger charge is 2.18. The lowest BCUT2D eigenvalue weighted by Crippen LogP contribution is -2.18. The van der Waals surface area contributed by atoms with Crippen molar-refractivity contribution in [3.05, 3.63) is 35.4 Å². The van der Waals surface area contributed by atoms with E-state index in [1.165, 1.54) is 26.2 Å². The molecule has 1 unspecified atom stereocenters. The number of aliphatic hydroxyl groups is 1. The monoisotopic (exact) mass is 238 g/mol. The van der Waals surface area contributed by atoms with E-state index in [4.69, 9.17) is 9.84 Å². The fourth-order valence-electron chi connectivity index (χ4n) is 1.22. The van der Waals surface area contributed by atoms with Gasteiger partial charge in [-0.15, -0.1) is 0 Å². The number of aliphatic hydroxyl groups excluding tert-OH is 1. The normalized spacial score (nSPS) is 11.7. The lowest BCUT2D eigenvalue weighted by Gasteiger charge is -2.09. The first kappa shape index (κ1) is 13.2. The molecular formula is C12H14O5. The summed E-state index contributed by atoms with van der Waals surface area (Å²) < 4.78 is 9.38. The van der Waals surface area contributed by atoms with Gasteiger partial charge in [0.25, 0.3) is 0 Å². The van der Waals surface area contributed by atoms with Gasteiger partial charge in [-0.25, -0.2) is 9.59 Å². The summed E-state index contributed by atoms with van der Waals surface area (Å²) in [4.78, 5) is 23.0. The predicted octanol–water partition coefficient (Wildman–Crippen LogP) is 1.01. The molecule has 0 saturated carbocycles. The summed E-state index contributed by atoms with van der Waals surface area (Å²) in [6, 6.07) is 6.19. The van der Waals surface area contributed by atoms with Gasteiger partial charge in [-0.1, -0.05) is 12.1 Å². The van der Waals surface area contributed by atoms with Crippen molar-refractivity contribution in [2.75, 3.05) is 13.7 Å². The predicted molar refractivity (Wildman–Crippen MR) is 59.7 cm³/mol. The zero-order chi connectivity index (χ0) is 12.8. The minimum atomic E-state index is -0.746. The van der Waals surface area contributed by atoms with Gasteiger partial charge in [0.2, 0.25) is 0 Å². The topological polar surface area (TPSA) is 72.8 Å². The van der Waals surface area contributed by atoms with Crippen molar-refractivity contribution in [1.29, 1.82) is 0 Å². The summed E-state index contributed by atoms with van der Waals surface area (Å²) in [5.41, 5.74) is 0.269. The van der Waals surface area contributed by atoms with E-state index in [9.17, 15) is 9.59 Å². The SMILES string of the molecule is COC(=O)c1ccccc1C(=O)OCC(C)O. The second-order valence-corrected chi connectivity index (χ2v) is 3.48. The minimum Gasteiger partial charge on any atom is -0.465 e. The molecule has 1 N–H and O–H groups in total. The van der Waals surface area contributed by atoms with Crippen molar-refractivity contribution >= 4 is 11.9 Å². The molecule has 0 fully saturated rings. The number of methoxy groups -OCH3 is 1. The summed E-state index contributed by atoms with van der Waals surface area (Å²) in [6.45, 7) is 1.38. The standard InChI is InChI=1S/C12H14O5/c1-8(13)7-17-12(15)10-6-4-3-5-9(10)11(14)16-2/h3-6,8,13H,7H2,1-2H3. The van der Waals surface area contributed by atoms with E-state index >= 15 is 0 Å². The second kappa shape index (κ2) is 6.00. The van der Waals surface area contributed by atoms with Crippen LogP contribution in [0.4, 0.5) is 0 Å². The van der Waals surface area contributed by atoms with Crippen molar-refractivity contribution < 1.29 is 24.2 Å². The van der Waals surface area contributed by atoms with Gasteiger partial charge in [-0.2, -0.15) is 0 Å². The maximum Gasteiger partial charge on any atom is 0.339 e. The van der Waals surface area contributed by atoms with Gasteiger partial charge in [0.15, 0.2) is 0 Å². The Bertz CT molecular complexity index is 411. The molecule has 0 saturated heterocycles. The van der Waals surface area contributed by atoms with Gasteiger partial charge < -0.3 is 14.6 Å². The molecule has 1 atom stereocenters. The average Bonchev–Trinajstić information content (AvgIpc) is 2.34. The number of carbonyl (C=O) groups excluding carboxylic acids is 2. The van der Waals surface area contributed by atoms with Crippen molar-refractivity contribution in [2.45, 2.75) is 13.0 Å². The van der Waals surface area contributed by atoms with E-state index in [0.717, 1.165) is 0 Å². The smallest absolute Gasteiger partial charge is 0.339 e. The number of ether oxygens (including phenoxy) is 2. The summed E-state index contributed by atoms with van der Waals surface area (Å²) >= 11 is 0. The molecular weight excluding hydrogens is 224 g/mol. The van der Waals surface area contributed by atoms with Gasteiger partial charge in [-0.05, 0) is 19.1 Å². The highest BCUT2D eigenvalue weighted by Crippen LogP contribution is 2.11. The molecule has 92 valence electrons. The van der Waals surface area contributed by atoms with Gasteiger partial charge >= 0.3 is 11.9 Å². The van der Waals surface area contributed by atoms with Crippen LogP contribution in [0.15, 0.2) is 24.3 Å². The van der Waals surface area contributed by atoms with Gasteiger partial charge in [0.1, 0.15) is 6.61 Å². The molecule has 1 rings (SSSR count). The number of hydrogen-bond acceptors (Lipinski definition) is 5. The molecule has 1 aromatic rings. The summed E-state index contributed by atoms with van der Waals surface area (Å²) in [6.07, 6.45) is -0.746. The van der Waals surface area contributed by atoms with E-state index in [0.29, 0.717) is 0 Å². The highest BCUT2D eigenvalue weighted by atomic mass is 16.5. The van der Waals surface area contributed by atoms with E-state index in [-0.39, 0.29) is 17.7 Å². The van der Waals surface area contributed by atoms with Crippen LogP contribution in [0.25, 0.3) is 0 Å². The minimum absolute atomic E-state index is 0.117. The molecule has 1 aromatic carbocycles. The largest absolute Gasteiger partial charge is 0.465 e. The fraction of sp³-hybridized carbons (Fsp3) is 0.333. The number of hydrogen-bond donors (Lipinski definition) is 1. The zero-order valence-corrected chi connectivity index (χ0v) is 9.67. The third-order valence-corrected chi connectivity index (χ3v) is 2.01. The van der Waals surface area contributed by atoms with Crippen LogP contribution in [0.2, 0.25) is 0 Å². The number of carbonyl (C=O) groups is 2. The van der Waals surface area contributed by atoms with Crippen LogP contribution in [0.1, 0.15) is 27.6 Å². The Morgan fingerprint density at radius 1 is 1.24 bits per heavy atom. The Morgan fingerprint density at radius 2 is 1.76 bits per heavy atom. The Morgan fingerprint density at radius 3 is 2.24 bits per heavy atom. The molecule has 0 bridgehead atoms. The maximum absolute atomic E-state index is 11.6. The van der Waals surface area contributed by atoms with Gasteiger partial charge in [0.05, 0.1) is 24.3 Å². The van der Waals surface area contributed by atoms with E-state index in [1.807, 2.05) is 0 Å². The van der Waals surface area contributed by atoms with Crippen molar-refractivity contribution in [1.82, 2.24) is 0 Å². The van der Waals surface area contributed by atoms with E-state index in [2.05, 4.69) is 4.74 Å². The van der Waals surface area contributed by atoms with E-state index in [1.54, 1.807) is 12.1 Å². The van der Waals surface area contributed by atoms with Gasteiger partial charge in [-0.3, -0.25) is 0 Å². The van der Waals surface area contributed by atoms with Crippen LogP contribution in [0.5, 0.6) is 0 Å². The summed E-state index contributed by atoms with van der Waals surface area (Å²) in [7, 11) is 1.24. The molecule has 0 aliphatic rings. The maximum atomic E-state index is 11.6. The average molecular weight is 238 g/mol. The number of esters is 2. The molecule has 0 aliphatic carbocycles. The molecule has 0 aromatic heterocycles. The van der Waals surface area contributed by atoms with E-state index < -0.39 is 18.0 Å². The van der Waals surface area contributed by atoms with Crippen LogP contribution in [0, 0.1) is 0 Å². The quantitative estimate of drug-likeness (QED) is 0.792. The van der Waals surface area contributed by atoms with Crippen LogP contribution in [-0.2, 0) is 9.47 Å². The van der Waals surface area contributed by atoms with Crippen molar-refractivity contribution in [3.63, 3.8) is 0 Å². The Kier molecular flexibility index (Phi) is 4.66. The Labute approximate surface area is 99.0 Å². The van der Waals surface area contributed by atoms with Crippen LogP contribution in [0.3, 0.4) is 0 Å². The number of rotatable bonds is 4. The Hall–Kier alpha value is -1.88. The lowest BCUT2D eigenvalue weighted by molar-refractivity contribution is 0.0291. The third kappa shape index (κ3) is 3.57. The molecule has 5 heteroatoms. The molecule has 5 nitrogen and oxygen atoms in total. The first-order valence-electron chi connectivity index (χ1n) is 5.08. The van der Waals surface area contributed by atoms with Crippen LogP contribution in [-0.4, -0.2) is 36.9 Å². The molecule has 0 radical (unpaired) electrons. The molecule has 0 heterocycles. The Balaban J connectivity index is 2.89. The van der Waals surface area contributed by atoms with Crippen LogP contribution < -0.4 is 0 Å². The van der Waals surface area contributed by atoms with Crippen molar-refractivity contribution in [2.24, 2.45) is 0 Å². The van der Waals surface area contributed by atoms with Crippen molar-refractivity contribution in [3.8, 4) is 0 Å². The lowest BCUT2D eigenvalue weighted by atomic mass is 10.1. The molecule has 0 amide bonds. The summed E-state index contributed by atoms with van der Waals surface area (Å²) in [5.74, 6) is -1.26. The summed E-state index contributed by atoms with van der Waals surface area (Å²) in [5, 5.41) is 9.00. The molecule has 0 aliphatic heterocycles. The first-order valence-corrected chi connectivity index (χ1v) is 5.08. The number of benzene rings is 1.